The van der Waals surface area contributed by atoms with E-state index in [1.165, 1.54) is 22.3 Å². The molecule has 0 spiro atoms. The first-order valence-corrected chi connectivity index (χ1v) is 12.5. The highest BCUT2D eigenvalue weighted by Gasteiger charge is 2.35. The summed E-state index contributed by atoms with van der Waals surface area (Å²) in [6.07, 6.45) is 1.71. The summed E-state index contributed by atoms with van der Waals surface area (Å²) in [6.45, 7) is 12.5. The molecule has 0 radical (unpaired) electrons. The lowest BCUT2D eigenvalue weighted by Crippen LogP contribution is -2.14. The highest BCUT2D eigenvalue weighted by Crippen LogP contribution is 2.50. The van der Waals surface area contributed by atoms with Gasteiger partial charge in [-0.3, -0.25) is 0 Å². The van der Waals surface area contributed by atoms with E-state index < -0.39 is 0 Å². The summed E-state index contributed by atoms with van der Waals surface area (Å²) in [5, 5.41) is 17.8. The number of benzene rings is 4. The van der Waals surface area contributed by atoms with Crippen LogP contribution in [-0.4, -0.2) is 0 Å². The van der Waals surface area contributed by atoms with Crippen LogP contribution < -0.4 is 4.74 Å². The maximum absolute atomic E-state index is 9.08. The molecule has 5 rings (SSSR count). The van der Waals surface area contributed by atoms with Crippen molar-refractivity contribution >= 4 is 0 Å². The molecule has 0 saturated carbocycles. The standard InChI is InChI=1S/C29H20N2O.2C2H6/c1-29(2)27-13-9-22(20-5-3-19(17-30)4-6-20)15-25(27)26-16-23(10-14-28(26)29)21-7-11-24(12-8-21)32-18-31;2*1-2/h3-16H,1-2H3;2*1-2H3. The van der Waals surface area contributed by atoms with Crippen LogP contribution in [0.1, 0.15) is 58.2 Å². The van der Waals surface area contributed by atoms with Crippen LogP contribution in [0.5, 0.6) is 5.75 Å². The number of nitrogens with zero attached hydrogens (tertiary/aromatic N) is 2. The summed E-state index contributed by atoms with van der Waals surface area (Å²) >= 11 is 0. The largest absolute Gasteiger partial charge is 0.388 e. The SMILES string of the molecule is CC.CC.CC1(C)c2ccc(-c3ccc(C#N)cc3)cc2-c2cc(-c3ccc(OC#N)cc3)ccc21. The molecule has 0 atom stereocenters. The minimum atomic E-state index is -0.0725. The van der Waals surface area contributed by atoms with Gasteiger partial charge in [-0.25, -0.2) is 0 Å². The van der Waals surface area contributed by atoms with E-state index in [-0.39, 0.29) is 5.41 Å². The molecule has 0 unspecified atom stereocenters. The van der Waals surface area contributed by atoms with Gasteiger partial charge in [0.1, 0.15) is 5.75 Å². The number of rotatable bonds is 3. The molecular formula is C33H32N2O. The minimum absolute atomic E-state index is 0.0725. The smallest absolute Gasteiger partial charge is 0.292 e. The maximum atomic E-state index is 9.08. The monoisotopic (exact) mass is 472 g/mol. The van der Waals surface area contributed by atoms with Crippen molar-refractivity contribution in [2.75, 3.05) is 0 Å². The number of nitriles is 2. The predicted octanol–water partition coefficient (Wildman–Crippen LogP) is 9.11. The summed E-state index contributed by atoms with van der Waals surface area (Å²) in [5.41, 5.74) is 10.2. The Balaban J connectivity index is 0.000000861. The Labute approximate surface area is 215 Å². The fourth-order valence-corrected chi connectivity index (χ4v) is 4.63. The summed E-state index contributed by atoms with van der Waals surface area (Å²) in [5.74, 6) is 0.538. The molecule has 0 amide bonds. The van der Waals surface area contributed by atoms with Gasteiger partial charge in [0, 0.05) is 5.41 Å². The van der Waals surface area contributed by atoms with E-state index >= 15 is 0 Å². The van der Waals surface area contributed by atoms with Crippen LogP contribution in [0, 0.1) is 22.8 Å². The number of hydrogen-bond donors (Lipinski definition) is 0. The van der Waals surface area contributed by atoms with E-state index in [9.17, 15) is 0 Å². The first-order chi connectivity index (χ1) is 17.5. The van der Waals surface area contributed by atoms with Gasteiger partial charge in [-0.05, 0) is 80.9 Å². The van der Waals surface area contributed by atoms with Crippen molar-refractivity contribution in [1.29, 1.82) is 10.5 Å². The molecule has 180 valence electrons. The summed E-state index contributed by atoms with van der Waals surface area (Å²) in [6, 6.07) is 30.8. The second kappa shape index (κ2) is 11.4. The van der Waals surface area contributed by atoms with Crippen LogP contribution in [0.15, 0.2) is 84.9 Å². The van der Waals surface area contributed by atoms with Crippen molar-refractivity contribution < 1.29 is 4.74 Å². The van der Waals surface area contributed by atoms with E-state index in [0.29, 0.717) is 11.3 Å². The zero-order chi connectivity index (χ0) is 26.3. The van der Waals surface area contributed by atoms with Crippen molar-refractivity contribution in [3.63, 3.8) is 0 Å². The van der Waals surface area contributed by atoms with Gasteiger partial charge in [0.25, 0.3) is 6.26 Å². The third kappa shape index (κ3) is 4.88. The molecule has 0 heterocycles. The van der Waals surface area contributed by atoms with E-state index in [2.05, 4.69) is 56.3 Å². The fraction of sp³-hybridized carbons (Fsp3) is 0.212. The first kappa shape index (κ1) is 26.3. The van der Waals surface area contributed by atoms with Gasteiger partial charge in [-0.1, -0.05) is 90.1 Å². The van der Waals surface area contributed by atoms with E-state index in [0.717, 1.165) is 22.3 Å². The van der Waals surface area contributed by atoms with Crippen LogP contribution in [0.4, 0.5) is 0 Å². The minimum Gasteiger partial charge on any atom is -0.388 e. The van der Waals surface area contributed by atoms with Crippen molar-refractivity contribution in [1.82, 2.24) is 0 Å². The van der Waals surface area contributed by atoms with Crippen LogP contribution in [0.3, 0.4) is 0 Å². The number of fused-ring (bicyclic) bond motifs is 3. The molecule has 0 N–H and O–H groups in total. The number of hydrogen-bond acceptors (Lipinski definition) is 3. The molecule has 0 aliphatic heterocycles. The Kier molecular flexibility index (Phi) is 8.31. The second-order valence-electron chi connectivity index (χ2n) is 8.55. The molecule has 0 bridgehead atoms. The molecule has 0 aromatic heterocycles. The van der Waals surface area contributed by atoms with Crippen LogP contribution in [0.2, 0.25) is 0 Å². The van der Waals surface area contributed by atoms with Crippen LogP contribution in [0.25, 0.3) is 33.4 Å². The Morgan fingerprint density at radius 2 is 1.00 bits per heavy atom. The summed E-state index contributed by atoms with van der Waals surface area (Å²) < 4.78 is 4.90. The molecule has 1 aliphatic rings. The normalized spacial score (nSPS) is 11.8. The molecule has 3 heteroatoms. The van der Waals surface area contributed by atoms with Crippen LogP contribution >= 0.6 is 0 Å². The van der Waals surface area contributed by atoms with Crippen LogP contribution in [-0.2, 0) is 5.41 Å². The van der Waals surface area contributed by atoms with Crippen molar-refractivity contribution in [3.05, 3.63) is 102 Å². The fourth-order valence-electron chi connectivity index (χ4n) is 4.63. The Morgan fingerprint density at radius 1 is 0.583 bits per heavy atom. The third-order valence-electron chi connectivity index (χ3n) is 6.37. The van der Waals surface area contributed by atoms with Gasteiger partial charge in [0.2, 0.25) is 0 Å². The molecule has 1 aliphatic carbocycles. The lowest BCUT2D eigenvalue weighted by Gasteiger charge is -2.21. The topological polar surface area (TPSA) is 56.8 Å². The van der Waals surface area contributed by atoms with Gasteiger partial charge in [-0.15, -0.1) is 5.26 Å². The maximum Gasteiger partial charge on any atom is 0.292 e. The molecule has 3 nitrogen and oxygen atoms in total. The van der Waals surface area contributed by atoms with Gasteiger partial charge in [0.05, 0.1) is 11.6 Å². The van der Waals surface area contributed by atoms with E-state index in [1.54, 1.807) is 6.26 Å². The Hall–Kier alpha value is -4.34. The summed E-state index contributed by atoms with van der Waals surface area (Å²) in [7, 11) is 0. The van der Waals surface area contributed by atoms with Crippen molar-refractivity contribution in [3.8, 4) is 51.5 Å². The first-order valence-electron chi connectivity index (χ1n) is 12.5. The summed E-state index contributed by atoms with van der Waals surface area (Å²) in [4.78, 5) is 0. The molecule has 0 fully saturated rings. The molecule has 4 aromatic rings. The molecule has 4 aromatic carbocycles. The average Bonchev–Trinajstić information content (AvgIpc) is 3.17. The van der Waals surface area contributed by atoms with Crippen molar-refractivity contribution in [2.45, 2.75) is 47.0 Å². The lowest BCUT2D eigenvalue weighted by atomic mass is 9.82. The van der Waals surface area contributed by atoms with Gasteiger partial charge in [-0.2, -0.15) is 5.26 Å². The van der Waals surface area contributed by atoms with Gasteiger partial charge >= 0.3 is 0 Å². The van der Waals surface area contributed by atoms with Gasteiger partial charge < -0.3 is 4.74 Å². The van der Waals surface area contributed by atoms with Crippen molar-refractivity contribution in [2.24, 2.45) is 0 Å². The zero-order valence-corrected chi connectivity index (χ0v) is 21.9. The Bertz CT molecular complexity index is 1420. The molecular weight excluding hydrogens is 440 g/mol. The average molecular weight is 473 g/mol. The highest BCUT2D eigenvalue weighted by molar-refractivity contribution is 5.87. The number of ether oxygens (including phenoxy) is 1. The third-order valence-corrected chi connectivity index (χ3v) is 6.37. The predicted molar refractivity (Wildman–Crippen MR) is 149 cm³/mol. The van der Waals surface area contributed by atoms with E-state index in [1.807, 2.05) is 76.2 Å². The highest BCUT2D eigenvalue weighted by atomic mass is 16.5. The lowest BCUT2D eigenvalue weighted by molar-refractivity contribution is 0.507. The second-order valence-corrected chi connectivity index (χ2v) is 8.55. The van der Waals surface area contributed by atoms with Gasteiger partial charge in [0.15, 0.2) is 0 Å². The quantitative estimate of drug-likeness (QED) is 0.279. The molecule has 36 heavy (non-hydrogen) atoms. The Morgan fingerprint density at radius 3 is 1.42 bits per heavy atom. The zero-order valence-electron chi connectivity index (χ0n) is 21.9. The molecule has 0 saturated heterocycles. The van der Waals surface area contributed by atoms with E-state index in [4.69, 9.17) is 15.3 Å².